The van der Waals surface area contributed by atoms with Crippen LogP contribution in [0, 0.1) is 0 Å². The second kappa shape index (κ2) is 6.87. The Kier molecular flexibility index (Phi) is 4.91. The molecule has 0 unspecified atom stereocenters. The number of hydrogen-bond acceptors (Lipinski definition) is 2. The fourth-order valence-electron chi connectivity index (χ4n) is 2.15. The van der Waals surface area contributed by atoms with Crippen LogP contribution in [0.1, 0.15) is 22.0 Å². The van der Waals surface area contributed by atoms with Crippen LogP contribution in [0.5, 0.6) is 0 Å². The number of nitrogens with one attached hydrogen (secondary N) is 1. The van der Waals surface area contributed by atoms with Gasteiger partial charge in [0.05, 0.1) is 6.04 Å². The Morgan fingerprint density at radius 2 is 1.55 bits per heavy atom. The third kappa shape index (κ3) is 3.68. The molecule has 20 heavy (non-hydrogen) atoms. The van der Waals surface area contributed by atoms with Crippen LogP contribution in [-0.2, 0) is 0 Å². The number of amides is 1. The average molecular weight is 268 g/mol. The SMILES string of the molecule is CN(C)[C@@H](CNC(=O)c1ccccc1)c1ccccc1. The van der Waals surface area contributed by atoms with Crippen molar-refractivity contribution in [3.63, 3.8) is 0 Å². The molecule has 0 aliphatic heterocycles. The van der Waals surface area contributed by atoms with Gasteiger partial charge in [0.15, 0.2) is 0 Å². The maximum atomic E-state index is 12.1. The number of carbonyl (C=O) groups is 1. The first-order chi connectivity index (χ1) is 9.68. The van der Waals surface area contributed by atoms with Crippen LogP contribution in [0.15, 0.2) is 60.7 Å². The van der Waals surface area contributed by atoms with Crippen molar-refractivity contribution in [3.05, 3.63) is 71.8 Å². The van der Waals surface area contributed by atoms with E-state index in [9.17, 15) is 4.79 Å². The van der Waals surface area contributed by atoms with Crippen LogP contribution in [0.4, 0.5) is 0 Å². The highest BCUT2D eigenvalue weighted by molar-refractivity contribution is 5.94. The molecule has 0 radical (unpaired) electrons. The Labute approximate surface area is 120 Å². The van der Waals surface area contributed by atoms with Gasteiger partial charge in [-0.2, -0.15) is 0 Å². The van der Waals surface area contributed by atoms with Crippen molar-refractivity contribution >= 4 is 5.91 Å². The maximum Gasteiger partial charge on any atom is 0.251 e. The van der Waals surface area contributed by atoms with E-state index in [-0.39, 0.29) is 11.9 Å². The molecule has 0 spiro atoms. The molecule has 0 fully saturated rings. The highest BCUT2D eigenvalue weighted by Gasteiger charge is 2.15. The number of likely N-dealkylation sites (N-methyl/N-ethyl adjacent to an activating group) is 1. The number of rotatable bonds is 5. The molecule has 1 amide bonds. The molecule has 3 nitrogen and oxygen atoms in total. The first kappa shape index (κ1) is 14.3. The van der Waals surface area contributed by atoms with Crippen molar-refractivity contribution in [2.45, 2.75) is 6.04 Å². The van der Waals surface area contributed by atoms with E-state index in [0.29, 0.717) is 12.1 Å². The number of carbonyl (C=O) groups excluding carboxylic acids is 1. The van der Waals surface area contributed by atoms with E-state index in [1.165, 1.54) is 5.56 Å². The first-order valence-corrected chi connectivity index (χ1v) is 6.73. The van der Waals surface area contributed by atoms with Crippen LogP contribution in [0.25, 0.3) is 0 Å². The summed E-state index contributed by atoms with van der Waals surface area (Å²) in [5, 5.41) is 3.00. The number of nitrogens with zero attached hydrogens (tertiary/aromatic N) is 1. The van der Waals surface area contributed by atoms with E-state index < -0.39 is 0 Å². The van der Waals surface area contributed by atoms with Gasteiger partial charge in [0.2, 0.25) is 0 Å². The lowest BCUT2D eigenvalue weighted by Gasteiger charge is -2.25. The van der Waals surface area contributed by atoms with Gasteiger partial charge < -0.3 is 10.2 Å². The van der Waals surface area contributed by atoms with Gasteiger partial charge in [0.25, 0.3) is 5.91 Å². The molecule has 3 heteroatoms. The van der Waals surface area contributed by atoms with Crippen LogP contribution >= 0.6 is 0 Å². The van der Waals surface area contributed by atoms with Crippen molar-refractivity contribution in [2.24, 2.45) is 0 Å². The Morgan fingerprint density at radius 1 is 1.00 bits per heavy atom. The zero-order chi connectivity index (χ0) is 14.4. The van der Waals surface area contributed by atoms with E-state index >= 15 is 0 Å². The van der Waals surface area contributed by atoms with Crippen molar-refractivity contribution in [2.75, 3.05) is 20.6 Å². The molecule has 2 aromatic rings. The topological polar surface area (TPSA) is 32.3 Å². The lowest BCUT2D eigenvalue weighted by atomic mass is 10.1. The summed E-state index contributed by atoms with van der Waals surface area (Å²) in [4.78, 5) is 14.2. The van der Waals surface area contributed by atoms with Crippen molar-refractivity contribution in [1.29, 1.82) is 0 Å². The summed E-state index contributed by atoms with van der Waals surface area (Å²) in [6, 6.07) is 19.7. The summed E-state index contributed by atoms with van der Waals surface area (Å²) in [5.74, 6) is -0.0339. The van der Waals surface area contributed by atoms with E-state index in [0.717, 1.165) is 0 Å². The summed E-state index contributed by atoms with van der Waals surface area (Å²) in [6.07, 6.45) is 0. The molecular formula is C17H20N2O. The Balaban J connectivity index is 2.02. The van der Waals surface area contributed by atoms with Crippen LogP contribution < -0.4 is 5.32 Å². The number of hydrogen-bond donors (Lipinski definition) is 1. The van der Waals surface area contributed by atoms with Crippen molar-refractivity contribution in [1.82, 2.24) is 10.2 Å². The molecule has 0 bridgehead atoms. The van der Waals surface area contributed by atoms with Crippen molar-refractivity contribution in [3.8, 4) is 0 Å². The van der Waals surface area contributed by atoms with Gasteiger partial charge in [-0.3, -0.25) is 4.79 Å². The second-order valence-electron chi connectivity index (χ2n) is 4.97. The van der Waals surface area contributed by atoms with Crippen LogP contribution in [0.3, 0.4) is 0 Å². The fraction of sp³-hybridized carbons (Fsp3) is 0.235. The minimum atomic E-state index is -0.0339. The van der Waals surface area contributed by atoms with Gasteiger partial charge in [0, 0.05) is 12.1 Å². The Hall–Kier alpha value is -2.13. The van der Waals surface area contributed by atoms with Gasteiger partial charge in [-0.05, 0) is 31.8 Å². The zero-order valence-corrected chi connectivity index (χ0v) is 11.9. The van der Waals surface area contributed by atoms with Gasteiger partial charge in [-0.25, -0.2) is 0 Å². The predicted octanol–water partition coefficient (Wildman–Crippen LogP) is 2.72. The molecule has 2 aromatic carbocycles. The summed E-state index contributed by atoms with van der Waals surface area (Å²) < 4.78 is 0. The first-order valence-electron chi connectivity index (χ1n) is 6.73. The molecule has 1 atom stereocenters. The average Bonchev–Trinajstić information content (AvgIpc) is 2.49. The maximum absolute atomic E-state index is 12.1. The van der Waals surface area contributed by atoms with Gasteiger partial charge in [-0.15, -0.1) is 0 Å². The monoisotopic (exact) mass is 268 g/mol. The minimum absolute atomic E-state index is 0.0339. The smallest absolute Gasteiger partial charge is 0.251 e. The standard InChI is InChI=1S/C17H20N2O/c1-19(2)16(14-9-5-3-6-10-14)13-18-17(20)15-11-7-4-8-12-15/h3-12,16H,13H2,1-2H3,(H,18,20)/t16-/m0/s1. The normalized spacial score (nSPS) is 12.2. The molecule has 2 rings (SSSR count). The lowest BCUT2D eigenvalue weighted by Crippen LogP contribution is -2.34. The largest absolute Gasteiger partial charge is 0.350 e. The highest BCUT2D eigenvalue weighted by atomic mass is 16.1. The van der Waals surface area contributed by atoms with E-state index in [1.807, 2.05) is 62.6 Å². The predicted molar refractivity (Wildman–Crippen MR) is 81.6 cm³/mol. The van der Waals surface area contributed by atoms with Gasteiger partial charge >= 0.3 is 0 Å². The summed E-state index contributed by atoms with van der Waals surface area (Å²) in [7, 11) is 4.04. The number of benzene rings is 2. The summed E-state index contributed by atoms with van der Waals surface area (Å²) in [6.45, 7) is 0.588. The summed E-state index contributed by atoms with van der Waals surface area (Å²) in [5.41, 5.74) is 1.89. The molecular weight excluding hydrogens is 248 g/mol. The molecule has 0 saturated carbocycles. The van der Waals surface area contributed by atoms with Gasteiger partial charge in [-0.1, -0.05) is 48.5 Å². The second-order valence-corrected chi connectivity index (χ2v) is 4.97. The molecule has 0 saturated heterocycles. The van der Waals surface area contributed by atoms with E-state index in [4.69, 9.17) is 0 Å². The third-order valence-corrected chi connectivity index (χ3v) is 3.30. The molecule has 0 heterocycles. The quantitative estimate of drug-likeness (QED) is 0.904. The van der Waals surface area contributed by atoms with E-state index in [1.54, 1.807) is 0 Å². The minimum Gasteiger partial charge on any atom is -0.350 e. The molecule has 104 valence electrons. The van der Waals surface area contributed by atoms with Crippen LogP contribution in [0.2, 0.25) is 0 Å². The molecule has 0 aliphatic rings. The Bertz CT molecular complexity index is 537. The molecule has 0 aliphatic carbocycles. The highest BCUT2D eigenvalue weighted by Crippen LogP contribution is 2.16. The fourth-order valence-corrected chi connectivity index (χ4v) is 2.15. The Morgan fingerprint density at radius 3 is 2.10 bits per heavy atom. The lowest BCUT2D eigenvalue weighted by molar-refractivity contribution is 0.0942. The van der Waals surface area contributed by atoms with E-state index in [2.05, 4.69) is 22.3 Å². The van der Waals surface area contributed by atoms with Crippen LogP contribution in [-0.4, -0.2) is 31.4 Å². The third-order valence-electron chi connectivity index (χ3n) is 3.30. The van der Waals surface area contributed by atoms with Crippen molar-refractivity contribution < 1.29 is 4.79 Å². The molecule has 1 N–H and O–H groups in total. The summed E-state index contributed by atoms with van der Waals surface area (Å²) >= 11 is 0. The zero-order valence-electron chi connectivity index (χ0n) is 11.9. The molecule has 0 aromatic heterocycles. The van der Waals surface area contributed by atoms with Gasteiger partial charge in [0.1, 0.15) is 0 Å².